The minimum Gasteiger partial charge on any atom is -0.405 e. The van der Waals surface area contributed by atoms with Crippen LogP contribution in [-0.2, 0) is 17.9 Å². The number of nitrogens with zero attached hydrogens (tertiary/aromatic N) is 2. The van der Waals surface area contributed by atoms with Crippen LogP contribution in [0.3, 0.4) is 0 Å². The summed E-state index contributed by atoms with van der Waals surface area (Å²) in [6.45, 7) is 1.37. The zero-order valence-corrected chi connectivity index (χ0v) is 15.9. The Bertz CT molecular complexity index is 1090. The van der Waals surface area contributed by atoms with Gasteiger partial charge in [-0.15, -0.1) is 13.2 Å². The Kier molecular flexibility index (Phi) is 6.20. The van der Waals surface area contributed by atoms with Gasteiger partial charge < -0.3 is 10.1 Å². The van der Waals surface area contributed by atoms with Gasteiger partial charge in [-0.25, -0.2) is 4.68 Å². The van der Waals surface area contributed by atoms with E-state index in [-0.39, 0.29) is 18.7 Å². The number of carbonyl (C=O) groups excluding carboxylic acids is 1. The monoisotopic (exact) mass is 417 g/mol. The lowest BCUT2D eigenvalue weighted by atomic mass is 10.1. The zero-order chi connectivity index (χ0) is 21.7. The highest BCUT2D eigenvalue weighted by molar-refractivity contribution is 5.75. The van der Waals surface area contributed by atoms with Crippen molar-refractivity contribution >= 4 is 5.91 Å². The van der Waals surface area contributed by atoms with Crippen LogP contribution in [0.2, 0.25) is 0 Å². The first-order valence-electron chi connectivity index (χ1n) is 8.97. The Labute approximate surface area is 169 Å². The molecule has 6 nitrogen and oxygen atoms in total. The highest BCUT2D eigenvalue weighted by Gasteiger charge is 2.32. The molecule has 1 aromatic heterocycles. The van der Waals surface area contributed by atoms with Crippen molar-refractivity contribution in [3.05, 3.63) is 82.1 Å². The molecule has 1 N–H and O–H groups in total. The average Bonchev–Trinajstić information content (AvgIpc) is 2.68. The fourth-order valence-electron chi connectivity index (χ4n) is 2.70. The maximum Gasteiger partial charge on any atom is 0.573 e. The van der Waals surface area contributed by atoms with Gasteiger partial charge >= 0.3 is 6.36 Å². The Morgan fingerprint density at radius 1 is 1.07 bits per heavy atom. The van der Waals surface area contributed by atoms with Crippen LogP contribution in [0.4, 0.5) is 13.2 Å². The van der Waals surface area contributed by atoms with Gasteiger partial charge in [-0.2, -0.15) is 5.10 Å². The number of carbonyl (C=O) groups is 1. The standard InChI is InChI=1S/C21H18F3N3O3/c1-14-6-8-15(9-7-14)17-10-11-20(29)27(26-17)13-19(28)25-12-16-4-2-3-5-18(16)30-21(22,23)24/h2-11H,12-13H2,1H3,(H,25,28). The SMILES string of the molecule is Cc1ccc(-c2ccc(=O)n(CC(=O)NCc3ccccc3OC(F)(F)F)n2)cc1. The summed E-state index contributed by atoms with van der Waals surface area (Å²) < 4.78 is 42.4. The fourth-order valence-corrected chi connectivity index (χ4v) is 2.70. The number of halogens is 3. The molecule has 156 valence electrons. The number of ether oxygens (including phenoxy) is 1. The number of amides is 1. The van der Waals surface area contributed by atoms with Crippen molar-refractivity contribution in [1.29, 1.82) is 0 Å². The van der Waals surface area contributed by atoms with E-state index in [1.165, 1.54) is 24.3 Å². The Morgan fingerprint density at radius 2 is 1.77 bits per heavy atom. The van der Waals surface area contributed by atoms with Crippen molar-refractivity contribution in [2.45, 2.75) is 26.4 Å². The van der Waals surface area contributed by atoms with E-state index in [0.29, 0.717) is 5.69 Å². The minimum absolute atomic E-state index is 0.150. The predicted molar refractivity (Wildman–Crippen MR) is 104 cm³/mol. The lowest BCUT2D eigenvalue weighted by Crippen LogP contribution is -2.33. The summed E-state index contributed by atoms with van der Waals surface area (Å²) in [6.07, 6.45) is -4.84. The molecule has 1 amide bonds. The van der Waals surface area contributed by atoms with E-state index in [9.17, 15) is 22.8 Å². The summed E-state index contributed by atoms with van der Waals surface area (Å²) in [5.41, 5.74) is 2.05. The van der Waals surface area contributed by atoms with Crippen LogP contribution >= 0.6 is 0 Å². The second kappa shape index (κ2) is 8.81. The van der Waals surface area contributed by atoms with Crippen molar-refractivity contribution in [3.8, 4) is 17.0 Å². The quantitative estimate of drug-likeness (QED) is 0.667. The van der Waals surface area contributed by atoms with Crippen molar-refractivity contribution in [3.63, 3.8) is 0 Å². The predicted octanol–water partition coefficient (Wildman–Crippen LogP) is 3.43. The maximum atomic E-state index is 12.5. The van der Waals surface area contributed by atoms with Gasteiger partial charge in [-0.05, 0) is 19.1 Å². The summed E-state index contributed by atoms with van der Waals surface area (Å²) >= 11 is 0. The largest absolute Gasteiger partial charge is 0.573 e. The van der Waals surface area contributed by atoms with E-state index in [1.807, 2.05) is 31.2 Å². The molecular formula is C21H18F3N3O3. The number of aryl methyl sites for hydroxylation is 1. The first-order chi connectivity index (χ1) is 14.2. The van der Waals surface area contributed by atoms with Gasteiger partial charge in [0.2, 0.25) is 5.91 Å². The van der Waals surface area contributed by atoms with E-state index in [0.717, 1.165) is 21.9 Å². The van der Waals surface area contributed by atoms with E-state index in [2.05, 4.69) is 15.2 Å². The Balaban J connectivity index is 1.69. The molecule has 0 radical (unpaired) electrons. The van der Waals surface area contributed by atoms with E-state index in [1.54, 1.807) is 6.07 Å². The maximum absolute atomic E-state index is 12.5. The molecule has 3 rings (SSSR count). The number of benzene rings is 2. The van der Waals surface area contributed by atoms with E-state index >= 15 is 0 Å². The summed E-state index contributed by atoms with van der Waals surface area (Å²) in [6, 6.07) is 15.9. The number of nitrogens with one attached hydrogen (secondary N) is 1. The second-order valence-corrected chi connectivity index (χ2v) is 6.51. The van der Waals surface area contributed by atoms with Crippen LogP contribution in [0.1, 0.15) is 11.1 Å². The number of hydrogen-bond donors (Lipinski definition) is 1. The topological polar surface area (TPSA) is 73.2 Å². The molecule has 0 spiro atoms. The molecule has 0 unspecified atom stereocenters. The van der Waals surface area contributed by atoms with Gasteiger partial charge in [-0.1, -0.05) is 48.0 Å². The molecule has 30 heavy (non-hydrogen) atoms. The lowest BCUT2D eigenvalue weighted by Gasteiger charge is -2.14. The fraction of sp³-hybridized carbons (Fsp3) is 0.190. The van der Waals surface area contributed by atoms with Gasteiger partial charge in [0.1, 0.15) is 12.3 Å². The first-order valence-corrected chi connectivity index (χ1v) is 8.97. The van der Waals surface area contributed by atoms with Crippen LogP contribution in [0.5, 0.6) is 5.75 Å². The van der Waals surface area contributed by atoms with Crippen LogP contribution in [0, 0.1) is 6.92 Å². The van der Waals surface area contributed by atoms with Gasteiger partial charge in [0, 0.05) is 23.7 Å². The van der Waals surface area contributed by atoms with Crippen molar-refractivity contribution in [1.82, 2.24) is 15.1 Å². The molecule has 9 heteroatoms. The number of hydrogen-bond acceptors (Lipinski definition) is 4. The summed E-state index contributed by atoms with van der Waals surface area (Å²) in [5, 5.41) is 6.68. The van der Waals surface area contributed by atoms with Crippen molar-refractivity contribution in [2.75, 3.05) is 0 Å². The molecule has 0 fully saturated rings. The summed E-state index contributed by atoms with van der Waals surface area (Å²) in [7, 11) is 0. The Hall–Kier alpha value is -3.62. The molecule has 1 heterocycles. The number of para-hydroxylation sites is 1. The minimum atomic E-state index is -4.84. The molecular weight excluding hydrogens is 399 g/mol. The van der Waals surface area contributed by atoms with Crippen molar-refractivity contribution in [2.24, 2.45) is 0 Å². The number of aromatic nitrogens is 2. The first kappa shape index (κ1) is 21.1. The molecule has 0 atom stereocenters. The van der Waals surface area contributed by atoms with Crippen LogP contribution in [-0.4, -0.2) is 22.1 Å². The molecule has 2 aromatic carbocycles. The third kappa shape index (κ3) is 5.69. The Morgan fingerprint density at radius 3 is 2.47 bits per heavy atom. The van der Waals surface area contributed by atoms with Crippen molar-refractivity contribution < 1.29 is 22.7 Å². The smallest absolute Gasteiger partial charge is 0.405 e. The second-order valence-electron chi connectivity index (χ2n) is 6.51. The molecule has 0 saturated heterocycles. The highest BCUT2D eigenvalue weighted by atomic mass is 19.4. The summed E-state index contributed by atoms with van der Waals surface area (Å²) in [5.74, 6) is -0.977. The summed E-state index contributed by atoms with van der Waals surface area (Å²) in [4.78, 5) is 24.3. The van der Waals surface area contributed by atoms with Gasteiger partial charge in [0.25, 0.3) is 5.56 Å². The molecule has 0 aliphatic heterocycles. The normalized spacial score (nSPS) is 11.2. The molecule has 0 saturated carbocycles. The molecule has 0 aliphatic carbocycles. The van der Waals surface area contributed by atoms with Gasteiger partial charge in [-0.3, -0.25) is 9.59 Å². The highest BCUT2D eigenvalue weighted by Crippen LogP contribution is 2.26. The molecule has 0 bridgehead atoms. The third-order valence-electron chi connectivity index (χ3n) is 4.18. The molecule has 0 aliphatic rings. The average molecular weight is 417 g/mol. The van der Waals surface area contributed by atoms with Crippen LogP contribution in [0.15, 0.2) is 65.5 Å². The number of rotatable bonds is 6. The zero-order valence-electron chi connectivity index (χ0n) is 15.9. The number of alkyl halides is 3. The van der Waals surface area contributed by atoms with E-state index < -0.39 is 23.6 Å². The van der Waals surface area contributed by atoms with Gasteiger partial charge in [0.05, 0.1) is 5.69 Å². The van der Waals surface area contributed by atoms with Gasteiger partial charge in [0.15, 0.2) is 0 Å². The van der Waals surface area contributed by atoms with Crippen LogP contribution in [0.25, 0.3) is 11.3 Å². The third-order valence-corrected chi connectivity index (χ3v) is 4.18. The molecule has 3 aromatic rings. The lowest BCUT2D eigenvalue weighted by molar-refractivity contribution is -0.274. The van der Waals surface area contributed by atoms with Crippen LogP contribution < -0.4 is 15.6 Å². The van der Waals surface area contributed by atoms with E-state index in [4.69, 9.17) is 0 Å².